The van der Waals surface area contributed by atoms with Crippen LogP contribution in [0.1, 0.15) is 23.7 Å². The van der Waals surface area contributed by atoms with Gasteiger partial charge in [0.1, 0.15) is 0 Å². The number of amides is 1. The van der Waals surface area contributed by atoms with E-state index in [0.29, 0.717) is 13.1 Å². The van der Waals surface area contributed by atoms with Gasteiger partial charge in [0, 0.05) is 18.7 Å². The maximum Gasteiger partial charge on any atom is 0.315 e. The van der Waals surface area contributed by atoms with Crippen molar-refractivity contribution < 1.29 is 19.2 Å². The van der Waals surface area contributed by atoms with Crippen molar-refractivity contribution in [2.45, 2.75) is 19.4 Å². The second-order valence-corrected chi connectivity index (χ2v) is 5.63. The predicted octanol–water partition coefficient (Wildman–Crippen LogP) is 1.42. The number of benzene rings is 1. The first kappa shape index (κ1) is 17.0. The third-order valence-electron chi connectivity index (χ3n) is 4.16. The summed E-state index contributed by atoms with van der Waals surface area (Å²) < 4.78 is 10.2. The molecule has 0 aliphatic carbocycles. The van der Waals surface area contributed by atoms with Crippen LogP contribution in [-0.4, -0.2) is 49.1 Å². The largest absolute Gasteiger partial charge is 0.493 e. The minimum atomic E-state index is -0.589. The number of methoxy groups -OCH3 is 2. The molecule has 0 spiro atoms. The molecule has 23 heavy (non-hydrogen) atoms. The lowest BCUT2D eigenvalue weighted by Gasteiger charge is -2.22. The number of nitro benzene ring substituents is 1. The number of hydrogen-bond acceptors (Lipinski definition) is 6. The highest BCUT2D eigenvalue weighted by Gasteiger charge is 2.34. The molecule has 1 aromatic rings. The van der Waals surface area contributed by atoms with Crippen LogP contribution in [0.2, 0.25) is 0 Å². The van der Waals surface area contributed by atoms with Gasteiger partial charge in [-0.05, 0) is 31.9 Å². The number of hydrogen-bond donors (Lipinski definition) is 1. The van der Waals surface area contributed by atoms with Crippen molar-refractivity contribution in [2.75, 3.05) is 27.3 Å². The minimum absolute atomic E-state index is 0.00311. The van der Waals surface area contributed by atoms with Gasteiger partial charge in [0.25, 0.3) is 5.91 Å². The van der Waals surface area contributed by atoms with Crippen LogP contribution < -0.4 is 15.2 Å². The van der Waals surface area contributed by atoms with Crippen LogP contribution in [0, 0.1) is 16.0 Å². The second kappa shape index (κ2) is 6.82. The van der Waals surface area contributed by atoms with Crippen molar-refractivity contribution >= 4 is 11.6 Å². The lowest BCUT2D eigenvalue weighted by molar-refractivity contribution is -0.385. The average Bonchev–Trinajstić information content (AvgIpc) is 2.93. The van der Waals surface area contributed by atoms with Crippen molar-refractivity contribution in [3.05, 3.63) is 27.8 Å². The number of ether oxygens (including phenoxy) is 2. The van der Waals surface area contributed by atoms with Gasteiger partial charge >= 0.3 is 5.69 Å². The highest BCUT2D eigenvalue weighted by molar-refractivity contribution is 5.96. The van der Waals surface area contributed by atoms with Crippen LogP contribution >= 0.6 is 0 Å². The zero-order chi connectivity index (χ0) is 17.1. The van der Waals surface area contributed by atoms with E-state index < -0.39 is 4.92 Å². The molecule has 1 aliphatic rings. The molecule has 0 radical (unpaired) electrons. The molecule has 2 unspecified atom stereocenters. The fourth-order valence-corrected chi connectivity index (χ4v) is 2.97. The summed E-state index contributed by atoms with van der Waals surface area (Å²) in [6.45, 7) is 3.02. The highest BCUT2D eigenvalue weighted by atomic mass is 16.6. The normalized spacial score (nSPS) is 20.4. The summed E-state index contributed by atoms with van der Waals surface area (Å²) in [6.07, 6.45) is 0.831. The fourth-order valence-electron chi connectivity index (χ4n) is 2.97. The minimum Gasteiger partial charge on any atom is -0.493 e. The monoisotopic (exact) mass is 323 g/mol. The smallest absolute Gasteiger partial charge is 0.315 e. The molecule has 2 rings (SSSR count). The van der Waals surface area contributed by atoms with E-state index in [0.717, 1.165) is 6.42 Å². The quantitative estimate of drug-likeness (QED) is 0.648. The third-order valence-corrected chi connectivity index (χ3v) is 4.16. The summed E-state index contributed by atoms with van der Waals surface area (Å²) in [7, 11) is 2.69. The molecule has 126 valence electrons. The molecule has 2 atom stereocenters. The Hall–Kier alpha value is -2.35. The summed E-state index contributed by atoms with van der Waals surface area (Å²) in [5.74, 6) is 0.150. The van der Waals surface area contributed by atoms with Crippen LogP contribution in [0.5, 0.6) is 11.5 Å². The summed E-state index contributed by atoms with van der Waals surface area (Å²) >= 11 is 0. The SMILES string of the molecule is COc1cc(C(=O)N2CC(CN)CC2C)cc([N+](=O)[O-])c1OC. The van der Waals surface area contributed by atoms with Crippen LogP contribution in [0.25, 0.3) is 0 Å². The van der Waals surface area contributed by atoms with Gasteiger partial charge in [0.2, 0.25) is 5.75 Å². The number of nitrogens with two attached hydrogens (primary N) is 1. The molecule has 0 bridgehead atoms. The second-order valence-electron chi connectivity index (χ2n) is 5.63. The van der Waals surface area contributed by atoms with Gasteiger partial charge in [0.15, 0.2) is 5.75 Å². The maximum atomic E-state index is 12.7. The first-order chi connectivity index (χ1) is 10.9. The number of carbonyl (C=O) groups excluding carboxylic acids is 1. The molecule has 0 aromatic heterocycles. The van der Waals surface area contributed by atoms with Crippen molar-refractivity contribution in [1.82, 2.24) is 4.90 Å². The van der Waals surface area contributed by atoms with Gasteiger partial charge in [-0.3, -0.25) is 14.9 Å². The summed E-state index contributed by atoms with van der Waals surface area (Å²) in [5, 5.41) is 11.2. The number of nitro groups is 1. The van der Waals surface area contributed by atoms with E-state index in [1.165, 1.54) is 26.4 Å². The molecule has 8 nitrogen and oxygen atoms in total. The van der Waals surface area contributed by atoms with Gasteiger partial charge in [-0.1, -0.05) is 0 Å². The van der Waals surface area contributed by atoms with Gasteiger partial charge in [-0.15, -0.1) is 0 Å². The van der Waals surface area contributed by atoms with Crippen LogP contribution in [-0.2, 0) is 0 Å². The molecule has 1 aromatic carbocycles. The topological polar surface area (TPSA) is 108 Å². The Morgan fingerprint density at radius 3 is 2.61 bits per heavy atom. The van der Waals surface area contributed by atoms with Gasteiger partial charge in [-0.25, -0.2) is 0 Å². The van der Waals surface area contributed by atoms with Crippen LogP contribution in [0.3, 0.4) is 0 Å². The first-order valence-electron chi connectivity index (χ1n) is 7.34. The molecule has 8 heteroatoms. The Bertz CT molecular complexity index is 619. The Balaban J connectivity index is 2.41. The Morgan fingerprint density at radius 2 is 2.13 bits per heavy atom. The number of nitrogens with zero attached hydrogens (tertiary/aromatic N) is 2. The maximum absolute atomic E-state index is 12.7. The summed E-state index contributed by atoms with van der Waals surface area (Å²) in [5.41, 5.74) is 5.59. The molecule has 1 saturated heterocycles. The van der Waals surface area contributed by atoms with Crippen molar-refractivity contribution in [3.8, 4) is 11.5 Å². The Kier molecular flexibility index (Phi) is 5.05. The lowest BCUT2D eigenvalue weighted by atomic mass is 10.1. The molecular weight excluding hydrogens is 302 g/mol. The molecule has 1 amide bonds. The van der Waals surface area contributed by atoms with Crippen LogP contribution in [0.15, 0.2) is 12.1 Å². The number of rotatable bonds is 5. The highest BCUT2D eigenvalue weighted by Crippen LogP contribution is 2.38. The molecule has 1 fully saturated rings. The summed E-state index contributed by atoms with van der Waals surface area (Å²) in [4.78, 5) is 25.1. The van der Waals surface area contributed by atoms with E-state index in [9.17, 15) is 14.9 Å². The van der Waals surface area contributed by atoms with E-state index in [1.54, 1.807) is 4.90 Å². The fraction of sp³-hybridized carbons (Fsp3) is 0.533. The van der Waals surface area contributed by atoms with E-state index in [-0.39, 0.29) is 40.6 Å². The zero-order valence-electron chi connectivity index (χ0n) is 13.4. The van der Waals surface area contributed by atoms with Gasteiger partial charge in [-0.2, -0.15) is 0 Å². The molecule has 1 heterocycles. The molecular formula is C15H21N3O5. The van der Waals surface area contributed by atoms with E-state index in [4.69, 9.17) is 15.2 Å². The zero-order valence-corrected chi connectivity index (χ0v) is 13.4. The number of likely N-dealkylation sites (tertiary alicyclic amines) is 1. The van der Waals surface area contributed by atoms with Crippen LogP contribution in [0.4, 0.5) is 5.69 Å². The van der Waals surface area contributed by atoms with E-state index in [1.807, 2.05) is 6.92 Å². The standard InChI is InChI=1S/C15H21N3O5/c1-9-4-10(7-16)8-17(9)15(19)11-5-12(18(20)21)14(23-3)13(6-11)22-2/h5-6,9-10H,4,7-8,16H2,1-3H3. The third kappa shape index (κ3) is 3.21. The predicted molar refractivity (Wildman–Crippen MR) is 83.9 cm³/mol. The van der Waals surface area contributed by atoms with E-state index >= 15 is 0 Å². The molecule has 1 aliphatic heterocycles. The van der Waals surface area contributed by atoms with Crippen molar-refractivity contribution in [3.63, 3.8) is 0 Å². The Morgan fingerprint density at radius 1 is 1.43 bits per heavy atom. The average molecular weight is 323 g/mol. The lowest BCUT2D eigenvalue weighted by Crippen LogP contribution is -2.34. The van der Waals surface area contributed by atoms with E-state index in [2.05, 4.69) is 0 Å². The van der Waals surface area contributed by atoms with Gasteiger partial charge < -0.3 is 20.1 Å². The Labute approximate surface area is 134 Å². The molecule has 2 N–H and O–H groups in total. The number of carbonyl (C=O) groups is 1. The molecule has 0 saturated carbocycles. The van der Waals surface area contributed by atoms with Crippen molar-refractivity contribution in [2.24, 2.45) is 11.7 Å². The summed E-state index contributed by atoms with van der Waals surface area (Å²) in [6, 6.07) is 2.74. The van der Waals surface area contributed by atoms with Crippen molar-refractivity contribution in [1.29, 1.82) is 0 Å². The van der Waals surface area contributed by atoms with Gasteiger partial charge in [0.05, 0.1) is 24.7 Å². The first-order valence-corrected chi connectivity index (χ1v) is 7.34.